The number of rotatable bonds is 7. The van der Waals surface area contributed by atoms with E-state index in [1.165, 1.54) is 0 Å². The van der Waals surface area contributed by atoms with E-state index in [0.29, 0.717) is 49.9 Å². The van der Waals surface area contributed by atoms with Crippen LogP contribution in [-0.2, 0) is 9.53 Å². The number of nitrogens with zero attached hydrogens (tertiary/aromatic N) is 2. The molecule has 0 saturated carbocycles. The summed E-state index contributed by atoms with van der Waals surface area (Å²) in [6.07, 6.45) is 0.420. The van der Waals surface area contributed by atoms with Crippen molar-refractivity contribution in [1.29, 1.82) is 0 Å². The minimum absolute atomic E-state index is 0.222. The molecule has 0 amide bonds. The lowest BCUT2D eigenvalue weighted by Crippen LogP contribution is -2.38. The highest BCUT2D eigenvalue weighted by molar-refractivity contribution is 6.00. The maximum absolute atomic E-state index is 12.6. The SMILES string of the molecule is CCOc1ccc(C(=O)[C@H](C)OC(=O)C2CCN(c3nc4ccccc4o3)CC2)cc1. The molecule has 7 heteroatoms. The number of hydrogen-bond acceptors (Lipinski definition) is 7. The topological polar surface area (TPSA) is 81.9 Å². The largest absolute Gasteiger partial charge is 0.494 e. The van der Waals surface area contributed by atoms with Crippen molar-refractivity contribution in [3.8, 4) is 5.75 Å². The molecular formula is C24H26N2O5. The first-order valence-corrected chi connectivity index (χ1v) is 10.6. The molecule has 31 heavy (non-hydrogen) atoms. The first-order chi connectivity index (χ1) is 15.0. The van der Waals surface area contributed by atoms with Gasteiger partial charge in [0.25, 0.3) is 6.01 Å². The Kier molecular flexibility index (Phi) is 6.21. The predicted octanol–water partition coefficient (Wildman–Crippen LogP) is 4.26. The Bertz CT molecular complexity index is 1020. The van der Waals surface area contributed by atoms with Crippen molar-refractivity contribution >= 4 is 28.9 Å². The van der Waals surface area contributed by atoms with Crippen LogP contribution in [0.5, 0.6) is 5.75 Å². The summed E-state index contributed by atoms with van der Waals surface area (Å²) >= 11 is 0. The molecule has 4 rings (SSSR count). The summed E-state index contributed by atoms with van der Waals surface area (Å²) in [5.41, 5.74) is 2.07. The monoisotopic (exact) mass is 422 g/mol. The Hall–Kier alpha value is -3.35. The molecule has 2 aromatic carbocycles. The second-order valence-electron chi connectivity index (χ2n) is 7.63. The van der Waals surface area contributed by atoms with E-state index in [1.807, 2.05) is 36.1 Å². The molecule has 1 saturated heterocycles. The van der Waals surface area contributed by atoms with Gasteiger partial charge in [-0.25, -0.2) is 0 Å². The lowest BCUT2D eigenvalue weighted by molar-refractivity contribution is -0.152. The summed E-state index contributed by atoms with van der Waals surface area (Å²) in [7, 11) is 0. The second-order valence-corrected chi connectivity index (χ2v) is 7.63. The number of oxazole rings is 1. The van der Waals surface area contributed by atoms with Gasteiger partial charge in [-0.1, -0.05) is 12.1 Å². The fourth-order valence-corrected chi connectivity index (χ4v) is 3.74. The molecule has 0 N–H and O–H groups in total. The zero-order chi connectivity index (χ0) is 21.8. The number of carbonyl (C=O) groups excluding carboxylic acids is 2. The van der Waals surface area contributed by atoms with Crippen molar-refractivity contribution < 1.29 is 23.5 Å². The minimum atomic E-state index is -0.833. The minimum Gasteiger partial charge on any atom is -0.494 e. The Balaban J connectivity index is 1.30. The summed E-state index contributed by atoms with van der Waals surface area (Å²) in [5, 5.41) is 0. The van der Waals surface area contributed by atoms with Crippen LogP contribution in [0, 0.1) is 5.92 Å². The van der Waals surface area contributed by atoms with Gasteiger partial charge in [0, 0.05) is 18.7 Å². The second kappa shape index (κ2) is 9.20. The molecule has 7 nitrogen and oxygen atoms in total. The number of anilines is 1. The maximum Gasteiger partial charge on any atom is 0.309 e. The van der Waals surface area contributed by atoms with Gasteiger partial charge >= 0.3 is 5.97 Å². The summed E-state index contributed by atoms with van der Waals surface area (Å²) < 4.78 is 16.7. The highest BCUT2D eigenvalue weighted by Gasteiger charge is 2.30. The summed E-state index contributed by atoms with van der Waals surface area (Å²) in [6.45, 7) is 5.37. The van der Waals surface area contributed by atoms with E-state index < -0.39 is 6.10 Å². The molecule has 0 spiro atoms. The average Bonchev–Trinajstić information content (AvgIpc) is 3.24. The number of aromatic nitrogens is 1. The van der Waals surface area contributed by atoms with Gasteiger partial charge in [0.05, 0.1) is 12.5 Å². The number of hydrogen-bond donors (Lipinski definition) is 0. The van der Waals surface area contributed by atoms with Crippen molar-refractivity contribution in [3.05, 3.63) is 54.1 Å². The number of esters is 1. The van der Waals surface area contributed by atoms with Crippen LogP contribution in [0.3, 0.4) is 0 Å². The van der Waals surface area contributed by atoms with Gasteiger partial charge in [-0.05, 0) is 63.1 Å². The molecule has 3 aromatic rings. The van der Waals surface area contributed by atoms with Crippen LogP contribution in [-0.4, -0.2) is 42.5 Å². The molecule has 0 bridgehead atoms. The number of ether oxygens (including phenoxy) is 2. The molecular weight excluding hydrogens is 396 g/mol. The number of fused-ring (bicyclic) bond motifs is 1. The smallest absolute Gasteiger partial charge is 0.309 e. The van der Waals surface area contributed by atoms with Crippen LogP contribution in [0.1, 0.15) is 37.0 Å². The number of ketones is 1. The van der Waals surface area contributed by atoms with Gasteiger partial charge in [0.15, 0.2) is 11.7 Å². The summed E-state index contributed by atoms with van der Waals surface area (Å²) in [5.74, 6) is -0.0880. The third-order valence-corrected chi connectivity index (χ3v) is 5.49. The zero-order valence-electron chi connectivity index (χ0n) is 17.7. The van der Waals surface area contributed by atoms with E-state index in [4.69, 9.17) is 13.9 Å². The Labute approximate surface area is 181 Å². The standard InChI is InChI=1S/C24H26N2O5/c1-3-29-19-10-8-17(9-11-19)22(27)16(2)30-23(28)18-12-14-26(15-13-18)24-25-20-6-4-5-7-21(20)31-24/h4-11,16,18H,3,12-15H2,1-2H3/t16-/m0/s1. The molecule has 2 heterocycles. The first-order valence-electron chi connectivity index (χ1n) is 10.6. The fraction of sp³-hybridized carbons (Fsp3) is 0.375. The maximum atomic E-state index is 12.6. The molecule has 1 fully saturated rings. The molecule has 1 aromatic heterocycles. The molecule has 0 radical (unpaired) electrons. The van der Waals surface area contributed by atoms with E-state index in [9.17, 15) is 9.59 Å². The highest BCUT2D eigenvalue weighted by Crippen LogP contribution is 2.27. The third kappa shape index (κ3) is 4.71. The van der Waals surface area contributed by atoms with Crippen molar-refractivity contribution in [2.45, 2.75) is 32.8 Å². The number of carbonyl (C=O) groups is 2. The molecule has 1 aliphatic heterocycles. The summed E-state index contributed by atoms with van der Waals surface area (Å²) in [6, 6.07) is 15.1. The van der Waals surface area contributed by atoms with Gasteiger partial charge in [0.1, 0.15) is 11.3 Å². The third-order valence-electron chi connectivity index (χ3n) is 5.49. The molecule has 162 valence electrons. The lowest BCUT2D eigenvalue weighted by Gasteiger charge is -2.30. The Morgan fingerprint density at radius 3 is 2.52 bits per heavy atom. The zero-order valence-corrected chi connectivity index (χ0v) is 17.7. The number of para-hydroxylation sites is 2. The van der Waals surface area contributed by atoms with E-state index in [0.717, 1.165) is 11.1 Å². The predicted molar refractivity (Wildman–Crippen MR) is 116 cm³/mol. The van der Waals surface area contributed by atoms with Gasteiger partial charge in [-0.3, -0.25) is 9.59 Å². The van der Waals surface area contributed by atoms with Crippen LogP contribution in [0.2, 0.25) is 0 Å². The van der Waals surface area contributed by atoms with Gasteiger partial charge in [0.2, 0.25) is 5.78 Å². The average molecular weight is 422 g/mol. The van der Waals surface area contributed by atoms with Gasteiger partial charge < -0.3 is 18.8 Å². The van der Waals surface area contributed by atoms with Crippen LogP contribution in [0.15, 0.2) is 52.9 Å². The van der Waals surface area contributed by atoms with Gasteiger partial charge in [-0.2, -0.15) is 4.98 Å². The fourth-order valence-electron chi connectivity index (χ4n) is 3.74. The first kappa shape index (κ1) is 20.9. The highest BCUT2D eigenvalue weighted by atomic mass is 16.5. The quantitative estimate of drug-likeness (QED) is 0.416. The Morgan fingerprint density at radius 2 is 1.84 bits per heavy atom. The van der Waals surface area contributed by atoms with E-state index in [1.54, 1.807) is 31.2 Å². The van der Waals surface area contributed by atoms with Gasteiger partial charge in [-0.15, -0.1) is 0 Å². The number of Topliss-reactive ketones (excluding diaryl/α,β-unsaturated/α-hetero) is 1. The van der Waals surface area contributed by atoms with Crippen LogP contribution in [0.25, 0.3) is 11.1 Å². The van der Waals surface area contributed by atoms with Crippen LogP contribution >= 0.6 is 0 Å². The van der Waals surface area contributed by atoms with E-state index >= 15 is 0 Å². The lowest BCUT2D eigenvalue weighted by atomic mass is 9.97. The molecule has 0 unspecified atom stereocenters. The summed E-state index contributed by atoms with van der Waals surface area (Å²) in [4.78, 5) is 31.8. The number of benzene rings is 2. The normalized spacial score (nSPS) is 15.6. The molecule has 0 aliphatic carbocycles. The van der Waals surface area contributed by atoms with Crippen LogP contribution < -0.4 is 9.64 Å². The Morgan fingerprint density at radius 1 is 1.13 bits per heavy atom. The van der Waals surface area contributed by atoms with Crippen molar-refractivity contribution in [2.75, 3.05) is 24.6 Å². The van der Waals surface area contributed by atoms with E-state index in [2.05, 4.69) is 4.98 Å². The van der Waals surface area contributed by atoms with Crippen molar-refractivity contribution in [2.24, 2.45) is 5.92 Å². The van der Waals surface area contributed by atoms with Crippen LogP contribution in [0.4, 0.5) is 6.01 Å². The van der Waals surface area contributed by atoms with Crippen molar-refractivity contribution in [1.82, 2.24) is 4.98 Å². The van der Waals surface area contributed by atoms with E-state index in [-0.39, 0.29) is 17.7 Å². The molecule has 1 atom stereocenters. The van der Waals surface area contributed by atoms with Crippen molar-refractivity contribution in [3.63, 3.8) is 0 Å². The number of piperidine rings is 1. The molecule has 1 aliphatic rings.